The highest BCUT2D eigenvalue weighted by Gasteiger charge is 2.46. The number of hydrogen-bond acceptors (Lipinski definition) is 11. The number of piperidine rings is 1. The quantitative estimate of drug-likeness (QED) is 0.219. The Kier molecular flexibility index (Phi) is 13.1. The molecule has 6 amide bonds. The molecule has 0 radical (unpaired) electrons. The molecule has 2 fully saturated rings. The van der Waals surface area contributed by atoms with E-state index in [-0.39, 0.29) is 66.3 Å². The summed E-state index contributed by atoms with van der Waals surface area (Å²) in [5.41, 5.74) is 4.99. The molecule has 1 unspecified atom stereocenters. The van der Waals surface area contributed by atoms with Crippen LogP contribution in [0, 0.1) is 12.3 Å². The van der Waals surface area contributed by atoms with E-state index in [0.717, 1.165) is 26.6 Å². The second-order valence-electron chi connectivity index (χ2n) is 16.0. The van der Waals surface area contributed by atoms with Gasteiger partial charge in [0, 0.05) is 32.0 Å². The van der Waals surface area contributed by atoms with Crippen molar-refractivity contribution in [3.8, 4) is 16.2 Å². The van der Waals surface area contributed by atoms with Crippen molar-refractivity contribution in [2.75, 3.05) is 6.54 Å². The van der Waals surface area contributed by atoms with Gasteiger partial charge in [-0.05, 0) is 55.9 Å². The summed E-state index contributed by atoms with van der Waals surface area (Å²) in [6.45, 7) is 16.2. The fourth-order valence-corrected chi connectivity index (χ4v) is 7.80. The molecule has 4 atom stereocenters. The summed E-state index contributed by atoms with van der Waals surface area (Å²) in [5.74, 6) is -2.17. The van der Waals surface area contributed by atoms with Crippen LogP contribution in [-0.2, 0) is 25.7 Å². The van der Waals surface area contributed by atoms with Crippen LogP contribution in [0.4, 0.5) is 0 Å². The third-order valence-electron chi connectivity index (χ3n) is 9.70. The lowest BCUT2D eigenvalue weighted by Gasteiger charge is -2.36. The number of aromatic nitrogens is 1. The van der Waals surface area contributed by atoms with Crippen LogP contribution in [0.15, 0.2) is 48.0 Å². The van der Waals surface area contributed by atoms with Gasteiger partial charge in [0.05, 0.1) is 45.5 Å². The maximum atomic E-state index is 13.4. The Labute approximate surface area is 331 Å². The van der Waals surface area contributed by atoms with E-state index in [2.05, 4.69) is 20.9 Å². The van der Waals surface area contributed by atoms with Crippen molar-refractivity contribution < 1.29 is 38.6 Å². The Hall–Kier alpha value is -4.99. The van der Waals surface area contributed by atoms with E-state index in [1.165, 1.54) is 6.07 Å². The molecule has 2 saturated heterocycles. The van der Waals surface area contributed by atoms with Gasteiger partial charge >= 0.3 is 0 Å². The first kappa shape index (κ1) is 42.2. The molecule has 6 rings (SSSR count). The highest BCUT2D eigenvalue weighted by Crippen LogP contribution is 2.34. The largest absolute Gasteiger partial charge is 0.490 e. The minimum Gasteiger partial charge on any atom is -0.490 e. The lowest BCUT2D eigenvalue weighted by atomic mass is 9.85. The van der Waals surface area contributed by atoms with Crippen molar-refractivity contribution in [2.24, 2.45) is 5.41 Å². The number of carbonyl (C=O) groups excluding carboxylic acids is 6. The van der Waals surface area contributed by atoms with Gasteiger partial charge in [-0.3, -0.25) is 39.0 Å². The monoisotopic (exact) mass is 788 g/mol. The van der Waals surface area contributed by atoms with Crippen LogP contribution < -0.4 is 20.7 Å². The maximum Gasteiger partial charge on any atom is 0.266 e. The highest BCUT2D eigenvalue weighted by molar-refractivity contribution is 7.13. The van der Waals surface area contributed by atoms with Gasteiger partial charge in [0.15, 0.2) is 0 Å². The lowest BCUT2D eigenvalue weighted by Crippen LogP contribution is -2.57. The van der Waals surface area contributed by atoms with Gasteiger partial charge in [0.2, 0.25) is 23.6 Å². The molecule has 14 nitrogen and oxygen atoms in total. The Morgan fingerprint density at radius 2 is 1.73 bits per heavy atom. The molecule has 2 aromatic carbocycles. The van der Waals surface area contributed by atoms with Gasteiger partial charge in [0.25, 0.3) is 11.8 Å². The number of amides is 6. The number of rotatable bonds is 10. The maximum absolute atomic E-state index is 13.4. The zero-order valence-corrected chi connectivity index (χ0v) is 34.0. The molecule has 4 heterocycles. The topological polar surface area (TPSA) is 187 Å². The van der Waals surface area contributed by atoms with Gasteiger partial charge < -0.3 is 25.4 Å². The molecule has 56 heavy (non-hydrogen) atoms. The van der Waals surface area contributed by atoms with Crippen LogP contribution in [0.25, 0.3) is 10.4 Å². The van der Waals surface area contributed by atoms with Crippen molar-refractivity contribution in [3.63, 3.8) is 0 Å². The number of likely N-dealkylation sites (tertiary alicyclic amines) is 1. The number of aliphatic hydroxyl groups excluding tert-OH is 1. The summed E-state index contributed by atoms with van der Waals surface area (Å²) in [7, 11) is 0. The first-order valence-corrected chi connectivity index (χ1v) is 19.8. The van der Waals surface area contributed by atoms with E-state index in [4.69, 9.17) is 4.74 Å². The summed E-state index contributed by atoms with van der Waals surface area (Å²) < 4.78 is 5.60. The van der Waals surface area contributed by atoms with Crippen LogP contribution in [-0.4, -0.2) is 98.3 Å². The Bertz CT molecular complexity index is 1970. The first-order valence-electron chi connectivity index (χ1n) is 18.9. The number of nitrogens with zero attached hydrogens (tertiary/aromatic N) is 3. The SMILES string of the molecule is CC(C)Oc1cccc2c1C(=O)N(C1CCC(=O)NC1=O)C2=O.Cc1ncsc1-c1ccc(CNC(=O)[C@@H]2C[C@@H](O)CN2C(=O)[C@@H](NC(C)C)C(C)(C)C)cc1. The van der Waals surface area contributed by atoms with E-state index in [1.54, 1.807) is 28.4 Å². The number of β-amino-alcohol motifs (C(OH)–C–C–N with tert-alkyl or cyclic N) is 1. The number of aryl methyl sites for hydroxylation is 1. The molecule has 0 aliphatic carbocycles. The summed E-state index contributed by atoms with van der Waals surface area (Å²) in [5, 5.41) is 18.7. The molecule has 3 aromatic rings. The zero-order valence-electron chi connectivity index (χ0n) is 33.2. The van der Waals surface area contributed by atoms with Crippen molar-refractivity contribution in [1.82, 2.24) is 30.7 Å². The first-order chi connectivity index (χ1) is 26.4. The lowest BCUT2D eigenvalue weighted by molar-refractivity contribution is -0.142. The average Bonchev–Trinajstić information content (AvgIpc) is 3.81. The van der Waals surface area contributed by atoms with E-state index in [9.17, 15) is 33.9 Å². The number of ether oxygens (including phenoxy) is 1. The van der Waals surface area contributed by atoms with Gasteiger partial charge in [-0.25, -0.2) is 4.98 Å². The molecular weight excluding hydrogens is 737 g/mol. The van der Waals surface area contributed by atoms with Crippen LogP contribution >= 0.6 is 11.3 Å². The van der Waals surface area contributed by atoms with Gasteiger partial charge in [-0.1, -0.05) is 65.0 Å². The fourth-order valence-electron chi connectivity index (χ4n) is 6.99. The van der Waals surface area contributed by atoms with Crippen molar-refractivity contribution in [3.05, 3.63) is 70.4 Å². The molecule has 0 spiro atoms. The minimum atomic E-state index is -0.966. The van der Waals surface area contributed by atoms with Gasteiger partial charge in [0.1, 0.15) is 17.8 Å². The van der Waals surface area contributed by atoms with E-state index in [1.807, 2.05) is 85.2 Å². The molecular formula is C41H52N6O8S. The standard InChI is InChI=1S/C25H36N4O3S.C16H16N2O5/c1-15(2)28-22(25(4,5)6)24(32)29-13-19(30)11-20(29)23(31)26-12-17-7-9-18(10-8-17)21-16(3)27-14-33-21;1-8(2)23-11-5-3-4-9-13(11)16(22)18(15(9)21)10-6-7-12(19)17-14(10)20/h7-10,14-15,19-20,22,28,30H,11-13H2,1-6H3,(H,26,31);3-5,8,10H,6-7H2,1-2H3,(H,17,19,20)/t19-,20+,22-;/m1./s1. The summed E-state index contributed by atoms with van der Waals surface area (Å²) >= 11 is 1.61. The van der Waals surface area contributed by atoms with E-state index in [0.29, 0.717) is 12.3 Å². The second kappa shape index (κ2) is 17.4. The smallest absolute Gasteiger partial charge is 0.266 e. The molecule has 3 aliphatic heterocycles. The Balaban J connectivity index is 0.000000228. The highest BCUT2D eigenvalue weighted by atomic mass is 32.1. The predicted octanol–water partition coefficient (Wildman–Crippen LogP) is 3.98. The van der Waals surface area contributed by atoms with Crippen molar-refractivity contribution in [2.45, 2.75) is 118 Å². The minimum absolute atomic E-state index is 0.0964. The summed E-state index contributed by atoms with van der Waals surface area (Å²) in [6.07, 6.45) is -0.379. The van der Waals surface area contributed by atoms with E-state index < -0.39 is 47.9 Å². The number of aliphatic hydroxyl groups is 1. The van der Waals surface area contributed by atoms with Gasteiger partial charge in [-0.15, -0.1) is 11.3 Å². The molecule has 3 aliphatic rings. The fraction of sp³-hybridized carbons (Fsp3) is 0.488. The Morgan fingerprint density at radius 3 is 2.32 bits per heavy atom. The van der Waals surface area contributed by atoms with Crippen molar-refractivity contribution in [1.29, 1.82) is 0 Å². The number of nitrogens with one attached hydrogen (secondary N) is 3. The molecule has 0 bridgehead atoms. The van der Waals surface area contributed by atoms with Gasteiger partial charge in [-0.2, -0.15) is 0 Å². The third kappa shape index (κ3) is 9.51. The average molecular weight is 789 g/mol. The number of carbonyl (C=O) groups is 6. The summed E-state index contributed by atoms with van der Waals surface area (Å²) in [6, 6.07) is 10.9. The Morgan fingerprint density at radius 1 is 1.04 bits per heavy atom. The third-order valence-corrected chi connectivity index (χ3v) is 10.7. The van der Waals surface area contributed by atoms with Crippen LogP contribution in [0.1, 0.15) is 99.7 Å². The molecule has 0 saturated carbocycles. The summed E-state index contributed by atoms with van der Waals surface area (Å²) in [4.78, 5) is 82.8. The number of hydrogen-bond donors (Lipinski definition) is 4. The number of benzene rings is 2. The molecule has 1 aromatic heterocycles. The number of imide groups is 2. The second-order valence-corrected chi connectivity index (χ2v) is 16.8. The normalized spacial score (nSPS) is 20.2. The zero-order chi connectivity index (χ0) is 41.1. The number of fused-ring (bicyclic) bond motifs is 1. The van der Waals surface area contributed by atoms with Crippen LogP contribution in [0.5, 0.6) is 5.75 Å². The molecule has 4 N–H and O–H groups in total. The van der Waals surface area contributed by atoms with E-state index >= 15 is 0 Å². The van der Waals surface area contributed by atoms with Crippen molar-refractivity contribution >= 4 is 46.8 Å². The van der Waals surface area contributed by atoms with Crippen LogP contribution in [0.3, 0.4) is 0 Å². The predicted molar refractivity (Wildman–Crippen MR) is 211 cm³/mol. The molecule has 15 heteroatoms. The number of thiazole rings is 1. The molecule has 300 valence electrons. The van der Waals surface area contributed by atoms with Crippen LogP contribution in [0.2, 0.25) is 0 Å².